The van der Waals surface area contributed by atoms with Crippen molar-refractivity contribution in [3.63, 3.8) is 0 Å². The predicted octanol–water partition coefficient (Wildman–Crippen LogP) is 2.52. The second kappa shape index (κ2) is 3.90. The minimum absolute atomic E-state index is 0.273. The number of rotatable bonds is 0. The minimum atomic E-state index is -0.537. The van der Waals surface area contributed by atoms with Crippen LogP contribution in [0.4, 0.5) is 0 Å². The molecule has 4 aliphatic rings. The van der Waals surface area contributed by atoms with Crippen molar-refractivity contribution in [1.29, 1.82) is 0 Å². The zero-order valence-corrected chi connectivity index (χ0v) is 12.8. The average Bonchev–Trinajstić information content (AvgIpc) is 2.93. The topological polar surface area (TPSA) is 37.4 Å². The fourth-order valence-corrected chi connectivity index (χ4v) is 6.21. The van der Waals surface area contributed by atoms with Gasteiger partial charge in [-0.1, -0.05) is 19.1 Å². The van der Waals surface area contributed by atoms with Gasteiger partial charge in [0.25, 0.3) is 0 Å². The summed E-state index contributed by atoms with van der Waals surface area (Å²) < 4.78 is 0. The molecule has 4 atom stereocenters. The van der Waals surface area contributed by atoms with E-state index in [0.29, 0.717) is 30.3 Å². The van der Waals surface area contributed by atoms with Crippen molar-refractivity contribution in [3.8, 4) is 0 Å². The summed E-state index contributed by atoms with van der Waals surface area (Å²) in [6.45, 7) is 3.03. The molecule has 0 aromatic heterocycles. The van der Waals surface area contributed by atoms with E-state index >= 15 is 0 Å². The molecule has 4 heteroatoms. The number of ketones is 2. The summed E-state index contributed by atoms with van der Waals surface area (Å²) in [5.74, 6) is 1.38. The molecule has 2 saturated heterocycles. The van der Waals surface area contributed by atoms with Crippen LogP contribution in [-0.4, -0.2) is 33.5 Å². The van der Waals surface area contributed by atoms with Gasteiger partial charge in [0.1, 0.15) is 11.3 Å². The number of hydrogen-bond acceptors (Lipinski definition) is 3. The van der Waals surface area contributed by atoms with Gasteiger partial charge in [0, 0.05) is 19.4 Å². The SMILES string of the molecule is CC1CC(=O)[C@]23CCC(=S)N4CCC[C@@]42C(=O)C[C@@H]3C1. The largest absolute Gasteiger partial charge is 0.352 e. The molecule has 2 aliphatic carbocycles. The lowest BCUT2D eigenvalue weighted by molar-refractivity contribution is -0.150. The normalized spacial score (nSPS) is 47.2. The van der Waals surface area contributed by atoms with Gasteiger partial charge < -0.3 is 4.90 Å². The molecule has 2 heterocycles. The summed E-state index contributed by atoms with van der Waals surface area (Å²) in [4.78, 5) is 29.0. The van der Waals surface area contributed by atoms with Crippen LogP contribution >= 0.6 is 12.2 Å². The third-order valence-corrected chi connectivity index (χ3v) is 6.89. The fraction of sp³-hybridized carbons (Fsp3) is 0.812. The summed E-state index contributed by atoms with van der Waals surface area (Å²) in [6, 6.07) is 0. The molecular weight excluding hydrogens is 270 g/mol. The Hall–Kier alpha value is -0.770. The average molecular weight is 291 g/mol. The Labute approximate surface area is 125 Å². The molecule has 0 amide bonds. The fourth-order valence-electron chi connectivity index (χ4n) is 5.86. The number of nitrogens with zero attached hydrogens (tertiary/aromatic N) is 1. The van der Waals surface area contributed by atoms with Crippen molar-refractivity contribution in [2.45, 2.75) is 57.4 Å². The van der Waals surface area contributed by atoms with Crippen LogP contribution < -0.4 is 0 Å². The highest BCUT2D eigenvalue weighted by atomic mass is 32.1. The van der Waals surface area contributed by atoms with E-state index in [1.54, 1.807) is 0 Å². The third-order valence-electron chi connectivity index (χ3n) is 6.46. The molecule has 0 bridgehead atoms. The van der Waals surface area contributed by atoms with Crippen molar-refractivity contribution in [3.05, 3.63) is 0 Å². The smallest absolute Gasteiger partial charge is 0.159 e. The van der Waals surface area contributed by atoms with Gasteiger partial charge in [-0.3, -0.25) is 9.59 Å². The van der Waals surface area contributed by atoms with E-state index in [-0.39, 0.29) is 5.92 Å². The van der Waals surface area contributed by atoms with Crippen LogP contribution in [0.25, 0.3) is 0 Å². The molecule has 3 nitrogen and oxygen atoms in total. The molecule has 2 aliphatic heterocycles. The van der Waals surface area contributed by atoms with E-state index in [0.717, 1.165) is 43.6 Å². The van der Waals surface area contributed by atoms with E-state index in [2.05, 4.69) is 11.8 Å². The van der Waals surface area contributed by atoms with Crippen molar-refractivity contribution in [1.82, 2.24) is 4.90 Å². The molecule has 0 radical (unpaired) electrons. The first-order valence-electron chi connectivity index (χ1n) is 7.89. The summed E-state index contributed by atoms with van der Waals surface area (Å²) in [5.41, 5.74) is -0.931. The molecule has 2 saturated carbocycles. The second-order valence-corrected chi connectivity index (χ2v) is 7.74. The molecule has 2 spiro atoms. The van der Waals surface area contributed by atoms with E-state index in [1.165, 1.54) is 0 Å². The molecule has 108 valence electrons. The highest BCUT2D eigenvalue weighted by molar-refractivity contribution is 7.80. The number of piperidine rings is 1. The van der Waals surface area contributed by atoms with Gasteiger partial charge >= 0.3 is 0 Å². The van der Waals surface area contributed by atoms with Gasteiger partial charge in [-0.15, -0.1) is 0 Å². The van der Waals surface area contributed by atoms with Gasteiger partial charge in [-0.2, -0.15) is 0 Å². The monoisotopic (exact) mass is 291 g/mol. The highest BCUT2D eigenvalue weighted by Gasteiger charge is 2.73. The maximum absolute atomic E-state index is 13.0. The van der Waals surface area contributed by atoms with Crippen LogP contribution in [0, 0.1) is 17.3 Å². The number of thiocarbonyl (C=S) groups is 1. The van der Waals surface area contributed by atoms with E-state index < -0.39 is 11.0 Å². The Morgan fingerprint density at radius 3 is 2.80 bits per heavy atom. The Kier molecular flexibility index (Phi) is 2.52. The quantitative estimate of drug-likeness (QED) is 0.643. The van der Waals surface area contributed by atoms with Crippen molar-refractivity contribution < 1.29 is 9.59 Å². The molecule has 4 rings (SSSR count). The minimum Gasteiger partial charge on any atom is -0.352 e. The first-order chi connectivity index (χ1) is 9.52. The molecule has 0 aromatic carbocycles. The first kappa shape index (κ1) is 12.9. The maximum Gasteiger partial charge on any atom is 0.159 e. The predicted molar refractivity (Wildman–Crippen MR) is 79.5 cm³/mol. The summed E-state index contributed by atoms with van der Waals surface area (Å²) >= 11 is 5.53. The van der Waals surface area contributed by atoms with Crippen LogP contribution in [0.5, 0.6) is 0 Å². The summed E-state index contributed by atoms with van der Waals surface area (Å²) in [6.07, 6.45) is 5.80. The lowest BCUT2D eigenvalue weighted by Gasteiger charge is -2.55. The van der Waals surface area contributed by atoms with Crippen LogP contribution in [0.1, 0.15) is 51.9 Å². The second-order valence-electron chi connectivity index (χ2n) is 7.27. The number of hydrogen-bond donors (Lipinski definition) is 0. The molecule has 0 N–H and O–H groups in total. The zero-order valence-electron chi connectivity index (χ0n) is 12.0. The number of Topliss-reactive ketones (excluding diaryl/α,β-unsaturated/α-hetero) is 2. The van der Waals surface area contributed by atoms with Gasteiger partial charge in [0.2, 0.25) is 0 Å². The maximum atomic E-state index is 13.0. The Bertz CT molecular complexity index is 531. The van der Waals surface area contributed by atoms with E-state index in [1.807, 2.05) is 0 Å². The molecule has 20 heavy (non-hydrogen) atoms. The van der Waals surface area contributed by atoms with Gasteiger partial charge in [-0.05, 0) is 43.9 Å². The standard InChI is InChI=1S/C16H21NO2S/c1-10-7-11-9-13(19)16-4-2-6-17(16)14(20)3-5-15(11,16)12(18)8-10/h10-11H,2-9H2,1H3/t10?,11-,15+,16-/m0/s1. The Morgan fingerprint density at radius 1 is 1.20 bits per heavy atom. The van der Waals surface area contributed by atoms with E-state index in [4.69, 9.17) is 12.2 Å². The lowest BCUT2D eigenvalue weighted by atomic mass is 9.54. The summed E-state index contributed by atoms with van der Waals surface area (Å²) in [7, 11) is 0. The molecule has 0 aromatic rings. The molecule has 1 unspecified atom stereocenters. The van der Waals surface area contributed by atoms with Crippen molar-refractivity contribution in [2.24, 2.45) is 17.3 Å². The van der Waals surface area contributed by atoms with Crippen molar-refractivity contribution in [2.75, 3.05) is 6.54 Å². The van der Waals surface area contributed by atoms with Gasteiger partial charge in [-0.25, -0.2) is 0 Å². The lowest BCUT2D eigenvalue weighted by Crippen LogP contribution is -2.67. The number of carbonyl (C=O) groups is 2. The van der Waals surface area contributed by atoms with Gasteiger partial charge in [0.15, 0.2) is 5.78 Å². The number of carbonyl (C=O) groups excluding carboxylic acids is 2. The van der Waals surface area contributed by atoms with Crippen LogP contribution in [0.15, 0.2) is 0 Å². The Balaban J connectivity index is 1.91. The molecule has 4 fully saturated rings. The highest BCUT2D eigenvalue weighted by Crippen LogP contribution is 2.64. The summed E-state index contributed by atoms with van der Waals surface area (Å²) in [5, 5.41) is 0. The Morgan fingerprint density at radius 2 is 2.00 bits per heavy atom. The molecular formula is C16H21NO2S. The van der Waals surface area contributed by atoms with Crippen LogP contribution in [0.2, 0.25) is 0 Å². The van der Waals surface area contributed by atoms with Crippen LogP contribution in [0.3, 0.4) is 0 Å². The van der Waals surface area contributed by atoms with Crippen LogP contribution in [-0.2, 0) is 9.59 Å². The van der Waals surface area contributed by atoms with Gasteiger partial charge in [0.05, 0.1) is 10.4 Å². The first-order valence-corrected chi connectivity index (χ1v) is 8.30. The van der Waals surface area contributed by atoms with Crippen molar-refractivity contribution >= 4 is 28.8 Å². The van der Waals surface area contributed by atoms with E-state index in [9.17, 15) is 9.59 Å². The third kappa shape index (κ3) is 1.21. The zero-order chi connectivity index (χ0) is 14.1.